The van der Waals surface area contributed by atoms with Crippen LogP contribution in [0.3, 0.4) is 0 Å². The summed E-state index contributed by atoms with van der Waals surface area (Å²) in [6.07, 6.45) is 0.337. The number of nitrogens with two attached hydrogens (primary N) is 1. The van der Waals surface area contributed by atoms with Crippen molar-refractivity contribution in [3.63, 3.8) is 0 Å². The highest BCUT2D eigenvalue weighted by atomic mass is 32.1. The number of aryl methyl sites for hydroxylation is 1. The molecule has 0 aliphatic carbocycles. The molecule has 0 amide bonds. The third kappa shape index (κ3) is 3.23. The molecule has 0 unspecified atom stereocenters. The summed E-state index contributed by atoms with van der Waals surface area (Å²) in [5.74, 6) is -0.323. The van der Waals surface area contributed by atoms with Crippen molar-refractivity contribution in [3.8, 4) is 17.0 Å². The number of nitrogens with zero attached hydrogens (tertiary/aromatic N) is 1. The molecule has 0 fully saturated rings. The summed E-state index contributed by atoms with van der Waals surface area (Å²) < 4.78 is 5.09. The van der Waals surface area contributed by atoms with Crippen LogP contribution in [0.2, 0.25) is 0 Å². The molecule has 2 rings (SSSR count). The van der Waals surface area contributed by atoms with Crippen LogP contribution < -0.4 is 15.6 Å². The maximum absolute atomic E-state index is 10.5. The van der Waals surface area contributed by atoms with E-state index in [0.29, 0.717) is 11.6 Å². The number of carbonyl (C=O) groups is 1. The second kappa shape index (κ2) is 5.71. The van der Waals surface area contributed by atoms with Crippen molar-refractivity contribution in [1.29, 1.82) is 0 Å². The number of anilines is 1. The smallest absolute Gasteiger partial charge is 0.180 e. The number of rotatable bonds is 5. The zero-order valence-electron chi connectivity index (χ0n) is 10.4. The maximum atomic E-state index is 10.5. The van der Waals surface area contributed by atoms with Crippen molar-refractivity contribution in [2.75, 3.05) is 12.8 Å². The third-order valence-electron chi connectivity index (χ3n) is 2.63. The van der Waals surface area contributed by atoms with E-state index in [2.05, 4.69) is 4.98 Å². The first-order valence-corrected chi connectivity index (χ1v) is 6.51. The SMILES string of the molecule is COc1ccc(-c2nc(N)sc2CCC(=O)[O-])cc1. The number of thiazole rings is 1. The summed E-state index contributed by atoms with van der Waals surface area (Å²) in [7, 11) is 1.60. The Hall–Kier alpha value is -2.08. The van der Waals surface area contributed by atoms with Gasteiger partial charge in [-0.15, -0.1) is 11.3 Å². The quantitative estimate of drug-likeness (QED) is 0.883. The molecule has 0 atom stereocenters. The average Bonchev–Trinajstić information content (AvgIpc) is 2.78. The molecule has 0 saturated heterocycles. The number of methoxy groups -OCH3 is 1. The van der Waals surface area contributed by atoms with Crippen molar-refractivity contribution < 1.29 is 14.6 Å². The molecule has 2 aromatic rings. The van der Waals surface area contributed by atoms with Gasteiger partial charge in [-0.05, 0) is 37.1 Å². The van der Waals surface area contributed by atoms with E-state index in [9.17, 15) is 9.90 Å². The first kappa shape index (κ1) is 13.4. The molecular weight excluding hydrogens is 264 g/mol. The Kier molecular flexibility index (Phi) is 4.01. The number of aliphatic carboxylic acids is 1. The molecule has 0 radical (unpaired) electrons. The Morgan fingerprint density at radius 2 is 2.11 bits per heavy atom. The molecule has 1 heterocycles. The van der Waals surface area contributed by atoms with E-state index < -0.39 is 5.97 Å². The molecule has 1 aromatic carbocycles. The van der Waals surface area contributed by atoms with Crippen LogP contribution in [0, 0.1) is 0 Å². The van der Waals surface area contributed by atoms with Gasteiger partial charge < -0.3 is 20.4 Å². The van der Waals surface area contributed by atoms with Gasteiger partial charge in [-0.25, -0.2) is 4.98 Å². The Labute approximate surface area is 114 Å². The maximum Gasteiger partial charge on any atom is 0.180 e. The summed E-state index contributed by atoms with van der Waals surface area (Å²) >= 11 is 1.31. The van der Waals surface area contributed by atoms with E-state index in [1.807, 2.05) is 24.3 Å². The largest absolute Gasteiger partial charge is 0.550 e. The summed E-state index contributed by atoms with van der Waals surface area (Å²) in [6.45, 7) is 0. The summed E-state index contributed by atoms with van der Waals surface area (Å²) in [6, 6.07) is 7.40. The normalized spacial score (nSPS) is 10.4. The lowest BCUT2D eigenvalue weighted by atomic mass is 10.1. The minimum absolute atomic E-state index is 0.0369. The van der Waals surface area contributed by atoms with Gasteiger partial charge in [0.2, 0.25) is 0 Å². The van der Waals surface area contributed by atoms with E-state index in [1.165, 1.54) is 11.3 Å². The zero-order valence-corrected chi connectivity index (χ0v) is 11.2. The van der Waals surface area contributed by atoms with E-state index in [-0.39, 0.29) is 6.42 Å². The topological polar surface area (TPSA) is 88.3 Å². The summed E-state index contributed by atoms with van der Waals surface area (Å²) in [5.41, 5.74) is 7.32. The van der Waals surface area contributed by atoms with E-state index in [0.717, 1.165) is 21.9 Å². The van der Waals surface area contributed by atoms with Crippen molar-refractivity contribution in [2.24, 2.45) is 0 Å². The van der Waals surface area contributed by atoms with Crippen LogP contribution in [0.5, 0.6) is 5.75 Å². The number of aromatic nitrogens is 1. The van der Waals surface area contributed by atoms with Crippen molar-refractivity contribution in [3.05, 3.63) is 29.1 Å². The van der Waals surface area contributed by atoms with Crippen LogP contribution in [0.4, 0.5) is 5.13 Å². The van der Waals surface area contributed by atoms with Crippen LogP contribution >= 0.6 is 11.3 Å². The van der Waals surface area contributed by atoms with Gasteiger partial charge in [0.1, 0.15) is 5.75 Å². The van der Waals surface area contributed by atoms with Crippen molar-refractivity contribution in [2.45, 2.75) is 12.8 Å². The lowest BCUT2D eigenvalue weighted by molar-refractivity contribution is -0.305. The molecule has 100 valence electrons. The third-order valence-corrected chi connectivity index (χ3v) is 3.58. The molecule has 1 aromatic heterocycles. The fourth-order valence-electron chi connectivity index (χ4n) is 1.73. The summed E-state index contributed by atoms with van der Waals surface area (Å²) in [5, 5.41) is 11.0. The second-order valence-corrected chi connectivity index (χ2v) is 5.04. The van der Waals surface area contributed by atoms with Crippen LogP contribution in [-0.2, 0) is 11.2 Å². The number of hydrogen-bond acceptors (Lipinski definition) is 6. The number of hydrogen-bond donors (Lipinski definition) is 1. The highest BCUT2D eigenvalue weighted by Crippen LogP contribution is 2.31. The lowest BCUT2D eigenvalue weighted by Crippen LogP contribution is -2.22. The number of carboxylic acid groups (broad SMARTS) is 1. The van der Waals surface area contributed by atoms with E-state index >= 15 is 0 Å². The van der Waals surface area contributed by atoms with Gasteiger partial charge in [-0.3, -0.25) is 0 Å². The fourth-order valence-corrected chi connectivity index (χ4v) is 2.58. The molecule has 0 aliphatic heterocycles. The van der Waals surface area contributed by atoms with Gasteiger partial charge >= 0.3 is 0 Å². The van der Waals surface area contributed by atoms with E-state index in [4.69, 9.17) is 10.5 Å². The molecule has 6 heteroatoms. The molecule has 2 N–H and O–H groups in total. The zero-order chi connectivity index (χ0) is 13.8. The average molecular weight is 277 g/mol. The Bertz CT molecular complexity index is 578. The molecular formula is C13H13N2O3S-. The molecule has 0 spiro atoms. The predicted molar refractivity (Wildman–Crippen MR) is 71.8 cm³/mol. The molecule has 0 saturated carbocycles. The van der Waals surface area contributed by atoms with Crippen LogP contribution in [0.1, 0.15) is 11.3 Å². The molecule has 0 aliphatic rings. The highest BCUT2D eigenvalue weighted by molar-refractivity contribution is 7.15. The van der Waals surface area contributed by atoms with Crippen LogP contribution in [-0.4, -0.2) is 18.1 Å². The predicted octanol–water partition coefficient (Wildman–Crippen LogP) is 1.08. The molecule has 19 heavy (non-hydrogen) atoms. The highest BCUT2D eigenvalue weighted by Gasteiger charge is 2.11. The second-order valence-electron chi connectivity index (χ2n) is 3.92. The minimum Gasteiger partial charge on any atom is -0.550 e. The minimum atomic E-state index is -1.08. The van der Waals surface area contributed by atoms with Gasteiger partial charge in [0.25, 0.3) is 0 Å². The van der Waals surface area contributed by atoms with Crippen molar-refractivity contribution >= 4 is 22.4 Å². The first-order chi connectivity index (χ1) is 9.10. The Morgan fingerprint density at radius 1 is 1.42 bits per heavy atom. The number of carbonyl (C=O) groups excluding carboxylic acids is 1. The van der Waals surface area contributed by atoms with Gasteiger partial charge in [-0.1, -0.05) is 0 Å². The number of nitrogen functional groups attached to an aromatic ring is 1. The fraction of sp³-hybridized carbons (Fsp3) is 0.231. The lowest BCUT2D eigenvalue weighted by Gasteiger charge is -2.04. The Morgan fingerprint density at radius 3 is 2.68 bits per heavy atom. The van der Waals surface area contributed by atoms with Gasteiger partial charge in [-0.2, -0.15) is 0 Å². The van der Waals surface area contributed by atoms with Gasteiger partial charge in [0.05, 0.1) is 12.8 Å². The number of carboxylic acids is 1. The Balaban J connectivity index is 2.29. The van der Waals surface area contributed by atoms with Gasteiger partial charge in [0.15, 0.2) is 5.13 Å². The number of benzene rings is 1. The van der Waals surface area contributed by atoms with Crippen LogP contribution in [0.15, 0.2) is 24.3 Å². The standard InChI is InChI=1S/C13H14N2O3S/c1-18-9-4-2-8(3-5-9)12-10(6-7-11(16)17)19-13(14)15-12/h2-5H,6-7H2,1H3,(H2,14,15)(H,16,17)/p-1. The number of ether oxygens (including phenoxy) is 1. The summed E-state index contributed by atoms with van der Waals surface area (Å²) in [4.78, 5) is 15.6. The van der Waals surface area contributed by atoms with Gasteiger partial charge in [0, 0.05) is 16.4 Å². The van der Waals surface area contributed by atoms with E-state index in [1.54, 1.807) is 7.11 Å². The monoisotopic (exact) mass is 277 g/mol. The molecule has 0 bridgehead atoms. The molecule has 5 nitrogen and oxygen atoms in total. The van der Waals surface area contributed by atoms with Crippen molar-refractivity contribution in [1.82, 2.24) is 4.98 Å². The first-order valence-electron chi connectivity index (χ1n) is 5.69. The van der Waals surface area contributed by atoms with Crippen LogP contribution in [0.25, 0.3) is 11.3 Å².